The van der Waals surface area contributed by atoms with Gasteiger partial charge in [-0.1, -0.05) is 25.0 Å². The molecule has 0 heterocycles. The van der Waals surface area contributed by atoms with Crippen molar-refractivity contribution in [3.05, 3.63) is 11.1 Å². The second kappa shape index (κ2) is 3.52. The molecule has 2 nitrogen and oxygen atoms in total. The Morgan fingerprint density at radius 3 is 2.62 bits per heavy atom. The van der Waals surface area contributed by atoms with E-state index in [4.69, 9.17) is 5.73 Å². The van der Waals surface area contributed by atoms with Gasteiger partial charge in [0.2, 0.25) is 5.91 Å². The third-order valence-electron chi connectivity index (χ3n) is 3.04. The second-order valence-corrected chi connectivity index (χ2v) is 4.64. The van der Waals surface area contributed by atoms with E-state index < -0.39 is 0 Å². The molecule has 2 heteroatoms. The molecular weight excluding hydrogens is 162 g/mol. The lowest BCUT2D eigenvalue weighted by atomic mass is 9.71. The molecule has 0 unspecified atom stereocenters. The minimum atomic E-state index is -0.204. The van der Waals surface area contributed by atoms with Gasteiger partial charge in [0.15, 0.2) is 0 Å². The number of nitrogens with two attached hydrogens (primary N) is 1. The van der Waals surface area contributed by atoms with Crippen LogP contribution in [0.1, 0.15) is 46.5 Å². The van der Waals surface area contributed by atoms with E-state index in [1.807, 2.05) is 0 Å². The minimum absolute atomic E-state index is 0.178. The maximum absolute atomic E-state index is 10.9. The van der Waals surface area contributed by atoms with Gasteiger partial charge in [0.05, 0.1) is 0 Å². The quantitative estimate of drug-likeness (QED) is 0.653. The van der Waals surface area contributed by atoms with Crippen LogP contribution in [0.4, 0.5) is 0 Å². The van der Waals surface area contributed by atoms with Crippen molar-refractivity contribution >= 4 is 5.91 Å². The number of hydrogen-bond donors (Lipinski definition) is 1. The first-order valence-electron chi connectivity index (χ1n) is 4.91. The standard InChI is InChI=1S/C11H19NO/c1-8-5-4-6-11(2,3)9(8)7-10(12)13/h4-7H2,1-3H3,(H2,12,13). The fourth-order valence-electron chi connectivity index (χ4n) is 2.24. The molecule has 13 heavy (non-hydrogen) atoms. The first kappa shape index (κ1) is 10.3. The highest BCUT2D eigenvalue weighted by Gasteiger charge is 2.28. The number of primary amides is 1. The van der Waals surface area contributed by atoms with Crippen LogP contribution in [0.5, 0.6) is 0 Å². The third kappa shape index (κ3) is 2.33. The molecule has 0 aromatic carbocycles. The summed E-state index contributed by atoms with van der Waals surface area (Å²) in [6.45, 7) is 6.53. The molecule has 1 aliphatic rings. The number of rotatable bonds is 2. The van der Waals surface area contributed by atoms with E-state index in [0.717, 1.165) is 6.42 Å². The molecule has 0 aromatic rings. The molecule has 0 fully saturated rings. The molecule has 1 aliphatic carbocycles. The lowest BCUT2D eigenvalue weighted by molar-refractivity contribution is -0.117. The van der Waals surface area contributed by atoms with Gasteiger partial charge in [0, 0.05) is 6.42 Å². The molecule has 2 N–H and O–H groups in total. The highest BCUT2D eigenvalue weighted by atomic mass is 16.1. The Morgan fingerprint density at radius 1 is 1.54 bits per heavy atom. The highest BCUT2D eigenvalue weighted by molar-refractivity contribution is 5.77. The van der Waals surface area contributed by atoms with Gasteiger partial charge in [-0.25, -0.2) is 0 Å². The summed E-state index contributed by atoms with van der Waals surface area (Å²) in [6, 6.07) is 0. The molecule has 74 valence electrons. The summed E-state index contributed by atoms with van der Waals surface area (Å²) in [6.07, 6.45) is 3.99. The van der Waals surface area contributed by atoms with E-state index >= 15 is 0 Å². The van der Waals surface area contributed by atoms with Crippen LogP contribution in [0.15, 0.2) is 11.1 Å². The van der Waals surface area contributed by atoms with Crippen LogP contribution in [0.3, 0.4) is 0 Å². The van der Waals surface area contributed by atoms with E-state index in [9.17, 15) is 4.79 Å². The average molecular weight is 181 g/mol. The largest absolute Gasteiger partial charge is 0.369 e. The van der Waals surface area contributed by atoms with Crippen LogP contribution < -0.4 is 5.73 Å². The van der Waals surface area contributed by atoms with Crippen molar-refractivity contribution in [2.75, 3.05) is 0 Å². The Morgan fingerprint density at radius 2 is 2.15 bits per heavy atom. The number of hydrogen-bond acceptors (Lipinski definition) is 1. The zero-order chi connectivity index (χ0) is 10.1. The van der Waals surface area contributed by atoms with Crippen LogP contribution >= 0.6 is 0 Å². The summed E-state index contributed by atoms with van der Waals surface area (Å²) in [7, 11) is 0. The number of carbonyl (C=O) groups is 1. The van der Waals surface area contributed by atoms with E-state index in [-0.39, 0.29) is 11.3 Å². The summed E-state index contributed by atoms with van der Waals surface area (Å²) in [4.78, 5) is 10.9. The molecule has 1 rings (SSSR count). The lowest BCUT2D eigenvalue weighted by Gasteiger charge is -2.34. The zero-order valence-electron chi connectivity index (χ0n) is 8.81. The van der Waals surface area contributed by atoms with Crippen molar-refractivity contribution in [2.24, 2.45) is 11.1 Å². The monoisotopic (exact) mass is 181 g/mol. The number of carbonyl (C=O) groups excluding carboxylic acids is 1. The fraction of sp³-hybridized carbons (Fsp3) is 0.727. The second-order valence-electron chi connectivity index (χ2n) is 4.64. The number of allylic oxidation sites excluding steroid dienone is 1. The van der Waals surface area contributed by atoms with Crippen molar-refractivity contribution in [3.63, 3.8) is 0 Å². The van der Waals surface area contributed by atoms with Gasteiger partial charge in [0.25, 0.3) is 0 Å². The number of amides is 1. The van der Waals surface area contributed by atoms with E-state index in [1.54, 1.807) is 0 Å². The maximum Gasteiger partial charge on any atom is 0.221 e. The molecule has 0 saturated carbocycles. The van der Waals surface area contributed by atoms with Crippen LogP contribution in [0.2, 0.25) is 0 Å². The van der Waals surface area contributed by atoms with Crippen molar-refractivity contribution in [1.29, 1.82) is 0 Å². The molecule has 0 aromatic heterocycles. The van der Waals surface area contributed by atoms with Gasteiger partial charge >= 0.3 is 0 Å². The molecule has 0 spiro atoms. The van der Waals surface area contributed by atoms with Crippen molar-refractivity contribution < 1.29 is 4.79 Å². The molecule has 0 aliphatic heterocycles. The Balaban J connectivity index is 2.91. The summed E-state index contributed by atoms with van der Waals surface area (Å²) in [5.41, 5.74) is 8.05. The Hall–Kier alpha value is -0.790. The van der Waals surface area contributed by atoms with Gasteiger partial charge in [-0.3, -0.25) is 4.79 Å². The van der Waals surface area contributed by atoms with E-state index in [2.05, 4.69) is 20.8 Å². The predicted molar refractivity (Wildman–Crippen MR) is 54.1 cm³/mol. The van der Waals surface area contributed by atoms with E-state index in [0.29, 0.717) is 6.42 Å². The summed E-state index contributed by atoms with van der Waals surface area (Å²) >= 11 is 0. The summed E-state index contributed by atoms with van der Waals surface area (Å²) < 4.78 is 0. The lowest BCUT2D eigenvalue weighted by Crippen LogP contribution is -2.24. The predicted octanol–water partition coefficient (Wildman–Crippen LogP) is 2.39. The fourth-order valence-corrected chi connectivity index (χ4v) is 2.24. The first-order valence-corrected chi connectivity index (χ1v) is 4.91. The topological polar surface area (TPSA) is 43.1 Å². The molecule has 1 amide bonds. The van der Waals surface area contributed by atoms with Gasteiger partial charge < -0.3 is 5.73 Å². The molecule has 0 saturated heterocycles. The summed E-state index contributed by atoms with van der Waals surface area (Å²) in [5.74, 6) is -0.204. The summed E-state index contributed by atoms with van der Waals surface area (Å²) in [5, 5.41) is 0. The zero-order valence-corrected chi connectivity index (χ0v) is 8.81. The minimum Gasteiger partial charge on any atom is -0.369 e. The molecule has 0 atom stereocenters. The molecule has 0 bridgehead atoms. The highest BCUT2D eigenvalue weighted by Crippen LogP contribution is 2.41. The smallest absolute Gasteiger partial charge is 0.221 e. The Kier molecular flexibility index (Phi) is 2.79. The van der Waals surface area contributed by atoms with Crippen molar-refractivity contribution in [3.8, 4) is 0 Å². The maximum atomic E-state index is 10.9. The van der Waals surface area contributed by atoms with Gasteiger partial charge in [-0.15, -0.1) is 0 Å². The Labute approximate surface area is 80.2 Å². The van der Waals surface area contributed by atoms with Crippen LogP contribution in [-0.2, 0) is 4.79 Å². The van der Waals surface area contributed by atoms with Crippen molar-refractivity contribution in [1.82, 2.24) is 0 Å². The van der Waals surface area contributed by atoms with E-state index in [1.165, 1.54) is 24.0 Å². The van der Waals surface area contributed by atoms with Crippen LogP contribution in [0, 0.1) is 5.41 Å². The van der Waals surface area contributed by atoms with Gasteiger partial charge in [0.1, 0.15) is 0 Å². The molecule has 0 radical (unpaired) electrons. The SMILES string of the molecule is CC1=C(CC(N)=O)C(C)(C)CCC1. The molecular formula is C11H19NO. The van der Waals surface area contributed by atoms with Crippen molar-refractivity contribution in [2.45, 2.75) is 46.5 Å². The normalized spacial score (nSPS) is 21.8. The van der Waals surface area contributed by atoms with Gasteiger partial charge in [-0.05, 0) is 31.6 Å². The Bertz CT molecular complexity index is 251. The van der Waals surface area contributed by atoms with Crippen LogP contribution in [-0.4, -0.2) is 5.91 Å². The first-order chi connectivity index (χ1) is 5.93. The average Bonchev–Trinajstić information content (AvgIpc) is 1.96. The van der Waals surface area contributed by atoms with Gasteiger partial charge in [-0.2, -0.15) is 0 Å². The third-order valence-corrected chi connectivity index (χ3v) is 3.04. The van der Waals surface area contributed by atoms with Crippen LogP contribution in [0.25, 0.3) is 0 Å².